The van der Waals surface area contributed by atoms with Crippen molar-refractivity contribution in [3.05, 3.63) is 21.9 Å². The Kier molecular flexibility index (Phi) is 5.08. The van der Waals surface area contributed by atoms with Crippen molar-refractivity contribution in [1.82, 2.24) is 20.5 Å². The number of rotatable bonds is 5. The van der Waals surface area contributed by atoms with Crippen molar-refractivity contribution in [2.75, 3.05) is 0 Å². The Hall–Kier alpha value is -1.72. The van der Waals surface area contributed by atoms with E-state index in [1.807, 2.05) is 6.92 Å². The van der Waals surface area contributed by atoms with Gasteiger partial charge in [-0.2, -0.15) is 0 Å². The van der Waals surface area contributed by atoms with Gasteiger partial charge >= 0.3 is 0 Å². The number of hydrogen-bond acceptors (Lipinski definition) is 4. The minimum Gasteiger partial charge on any atom is -0.347 e. The van der Waals surface area contributed by atoms with Gasteiger partial charge in [0.25, 0.3) is 5.56 Å². The van der Waals surface area contributed by atoms with Gasteiger partial charge in [0.15, 0.2) is 5.69 Å². The molecule has 0 bridgehead atoms. The molecule has 6 nitrogen and oxygen atoms in total. The standard InChI is InChI=1S/C17H26N4O2/c1-2-13(18-16(22)12-9-5-6-10-12)14-17(23)19-15(21-20-14)11-7-3-4-8-11/h11-13H,2-10H2,1H3,(H,18,22)(H,19,21,23). The lowest BCUT2D eigenvalue weighted by molar-refractivity contribution is -0.125. The summed E-state index contributed by atoms with van der Waals surface area (Å²) >= 11 is 0. The third-order valence-electron chi connectivity index (χ3n) is 5.26. The van der Waals surface area contributed by atoms with Crippen molar-refractivity contribution in [2.24, 2.45) is 5.92 Å². The van der Waals surface area contributed by atoms with Crippen LogP contribution in [0.25, 0.3) is 0 Å². The first-order chi connectivity index (χ1) is 11.2. The summed E-state index contributed by atoms with van der Waals surface area (Å²) < 4.78 is 0. The van der Waals surface area contributed by atoms with Crippen LogP contribution in [-0.2, 0) is 4.79 Å². The van der Waals surface area contributed by atoms with Crippen molar-refractivity contribution in [2.45, 2.75) is 76.7 Å². The summed E-state index contributed by atoms with van der Waals surface area (Å²) in [6.45, 7) is 1.95. The predicted octanol–water partition coefficient (Wildman–Crippen LogP) is 2.58. The topological polar surface area (TPSA) is 87.7 Å². The van der Waals surface area contributed by atoms with Crippen LogP contribution in [0.4, 0.5) is 0 Å². The Balaban J connectivity index is 1.72. The van der Waals surface area contributed by atoms with E-state index in [2.05, 4.69) is 20.5 Å². The lowest BCUT2D eigenvalue weighted by Crippen LogP contribution is -2.36. The molecule has 0 radical (unpaired) electrons. The highest BCUT2D eigenvalue weighted by Gasteiger charge is 2.27. The highest BCUT2D eigenvalue weighted by molar-refractivity contribution is 5.79. The number of aromatic nitrogens is 3. The minimum atomic E-state index is -0.350. The molecule has 23 heavy (non-hydrogen) atoms. The molecule has 0 saturated heterocycles. The highest BCUT2D eigenvalue weighted by atomic mass is 16.2. The van der Waals surface area contributed by atoms with E-state index in [4.69, 9.17) is 0 Å². The molecule has 2 aliphatic rings. The van der Waals surface area contributed by atoms with Gasteiger partial charge in [-0.1, -0.05) is 32.6 Å². The molecule has 2 N–H and O–H groups in total. The molecule has 0 spiro atoms. The summed E-state index contributed by atoms with van der Waals surface area (Å²) in [5, 5.41) is 11.4. The molecule has 0 aliphatic heterocycles. The van der Waals surface area contributed by atoms with Gasteiger partial charge in [-0.15, -0.1) is 10.2 Å². The van der Waals surface area contributed by atoms with Crippen molar-refractivity contribution in [3.8, 4) is 0 Å². The van der Waals surface area contributed by atoms with E-state index >= 15 is 0 Å². The fourth-order valence-electron chi connectivity index (χ4n) is 3.81. The van der Waals surface area contributed by atoms with Gasteiger partial charge < -0.3 is 10.3 Å². The Morgan fingerprint density at radius 3 is 2.43 bits per heavy atom. The van der Waals surface area contributed by atoms with Crippen molar-refractivity contribution < 1.29 is 4.79 Å². The van der Waals surface area contributed by atoms with E-state index in [-0.39, 0.29) is 23.4 Å². The average Bonchev–Trinajstić information content (AvgIpc) is 3.25. The van der Waals surface area contributed by atoms with Crippen molar-refractivity contribution >= 4 is 5.91 Å². The average molecular weight is 318 g/mol. The number of aromatic amines is 1. The maximum absolute atomic E-state index is 12.4. The maximum Gasteiger partial charge on any atom is 0.275 e. The van der Waals surface area contributed by atoms with Crippen LogP contribution in [0.3, 0.4) is 0 Å². The molecule has 1 heterocycles. The van der Waals surface area contributed by atoms with E-state index in [9.17, 15) is 9.59 Å². The number of hydrogen-bond donors (Lipinski definition) is 2. The third kappa shape index (κ3) is 3.62. The molecule has 3 rings (SSSR count). The van der Waals surface area contributed by atoms with Crippen LogP contribution in [0.15, 0.2) is 4.79 Å². The lowest BCUT2D eigenvalue weighted by Gasteiger charge is -2.18. The van der Waals surface area contributed by atoms with E-state index in [0.717, 1.165) is 38.5 Å². The van der Waals surface area contributed by atoms with Gasteiger partial charge in [-0.05, 0) is 32.1 Å². The predicted molar refractivity (Wildman–Crippen MR) is 87.0 cm³/mol. The molecule has 1 aromatic rings. The molecule has 2 aliphatic carbocycles. The molecule has 2 fully saturated rings. The number of H-pyrrole nitrogens is 1. The number of nitrogens with zero attached hydrogens (tertiary/aromatic N) is 2. The first kappa shape index (κ1) is 16.1. The number of carbonyl (C=O) groups excluding carboxylic acids is 1. The van der Waals surface area contributed by atoms with Gasteiger partial charge in [-0.25, -0.2) is 0 Å². The zero-order chi connectivity index (χ0) is 16.2. The van der Waals surface area contributed by atoms with Crippen molar-refractivity contribution in [3.63, 3.8) is 0 Å². The summed E-state index contributed by atoms with van der Waals surface area (Å²) in [5.74, 6) is 1.18. The maximum atomic E-state index is 12.4. The Bertz CT molecular complexity index is 601. The van der Waals surface area contributed by atoms with Crippen LogP contribution in [0.5, 0.6) is 0 Å². The van der Waals surface area contributed by atoms with Crippen LogP contribution in [0.1, 0.15) is 88.2 Å². The fraction of sp³-hybridized carbons (Fsp3) is 0.765. The third-order valence-corrected chi connectivity index (χ3v) is 5.26. The summed E-state index contributed by atoms with van der Waals surface area (Å²) in [7, 11) is 0. The van der Waals surface area contributed by atoms with Crippen LogP contribution in [0, 0.1) is 5.92 Å². The Labute approximate surface area is 136 Å². The van der Waals surface area contributed by atoms with Crippen LogP contribution in [0.2, 0.25) is 0 Å². The van der Waals surface area contributed by atoms with E-state index in [1.165, 1.54) is 12.8 Å². The minimum absolute atomic E-state index is 0.0513. The monoisotopic (exact) mass is 318 g/mol. The van der Waals surface area contributed by atoms with Gasteiger partial charge in [0.2, 0.25) is 5.91 Å². The number of carbonyl (C=O) groups is 1. The van der Waals surface area contributed by atoms with E-state index in [1.54, 1.807) is 0 Å². The molecule has 1 aromatic heterocycles. The summed E-state index contributed by atoms with van der Waals surface area (Å²) in [6, 6.07) is -0.350. The van der Waals surface area contributed by atoms with E-state index < -0.39 is 0 Å². The van der Waals surface area contributed by atoms with Gasteiger partial charge in [-0.3, -0.25) is 9.59 Å². The first-order valence-electron chi connectivity index (χ1n) is 8.96. The van der Waals surface area contributed by atoms with E-state index in [0.29, 0.717) is 23.9 Å². The summed E-state index contributed by atoms with van der Waals surface area (Å²) in [4.78, 5) is 27.6. The Morgan fingerprint density at radius 1 is 1.17 bits per heavy atom. The van der Waals surface area contributed by atoms with Crippen LogP contribution in [-0.4, -0.2) is 21.1 Å². The molecule has 0 aromatic carbocycles. The highest BCUT2D eigenvalue weighted by Crippen LogP contribution is 2.31. The molecule has 1 unspecified atom stereocenters. The SMILES string of the molecule is CCC(NC(=O)C1CCCC1)c1nnc(C2CCCC2)[nH]c1=O. The molecule has 1 amide bonds. The molecule has 6 heteroatoms. The fourth-order valence-corrected chi connectivity index (χ4v) is 3.81. The molecule has 126 valence electrons. The quantitative estimate of drug-likeness (QED) is 0.873. The lowest BCUT2D eigenvalue weighted by atomic mass is 10.1. The summed E-state index contributed by atoms with van der Waals surface area (Å²) in [5.41, 5.74) is 0.126. The molecular weight excluding hydrogens is 292 g/mol. The number of amides is 1. The molecule has 2 saturated carbocycles. The molecule has 1 atom stereocenters. The van der Waals surface area contributed by atoms with Crippen LogP contribution >= 0.6 is 0 Å². The zero-order valence-corrected chi connectivity index (χ0v) is 13.8. The Morgan fingerprint density at radius 2 is 1.83 bits per heavy atom. The largest absolute Gasteiger partial charge is 0.347 e. The second-order valence-electron chi connectivity index (χ2n) is 6.86. The normalized spacial score (nSPS) is 20.7. The zero-order valence-electron chi connectivity index (χ0n) is 13.8. The van der Waals surface area contributed by atoms with Crippen LogP contribution < -0.4 is 10.9 Å². The van der Waals surface area contributed by atoms with Gasteiger partial charge in [0.1, 0.15) is 5.82 Å². The van der Waals surface area contributed by atoms with Crippen molar-refractivity contribution in [1.29, 1.82) is 0 Å². The summed E-state index contributed by atoms with van der Waals surface area (Å²) in [6.07, 6.45) is 9.28. The first-order valence-corrected chi connectivity index (χ1v) is 8.96. The second kappa shape index (κ2) is 7.23. The smallest absolute Gasteiger partial charge is 0.275 e. The van der Waals surface area contributed by atoms with Gasteiger partial charge in [0, 0.05) is 11.8 Å². The second-order valence-corrected chi connectivity index (χ2v) is 6.86. The molecular formula is C17H26N4O2. The van der Waals surface area contributed by atoms with Gasteiger partial charge in [0.05, 0.1) is 6.04 Å². The number of nitrogens with one attached hydrogen (secondary N) is 2.